The fourth-order valence-corrected chi connectivity index (χ4v) is 2.72. The van der Waals surface area contributed by atoms with Crippen molar-refractivity contribution in [1.82, 2.24) is 24.9 Å². The smallest absolute Gasteiger partial charge is 0.161 e. The molecule has 0 spiro atoms. The van der Waals surface area contributed by atoms with Crippen LogP contribution in [0.15, 0.2) is 42.7 Å². The second-order valence-corrected chi connectivity index (χ2v) is 6.01. The number of hydrogen-bond donors (Lipinski definition) is 1. The molecule has 0 bridgehead atoms. The fourth-order valence-electron chi connectivity index (χ4n) is 2.33. The molecular weight excluding hydrogens is 377 g/mol. The number of nitrogens with one attached hydrogen (secondary N) is 1. The minimum Gasteiger partial charge on any atom is -0.315 e. The Hall–Kier alpha value is -1.67. The van der Waals surface area contributed by atoms with E-state index in [-0.39, 0.29) is 0 Å². The van der Waals surface area contributed by atoms with Crippen LogP contribution in [0, 0.1) is 10.5 Å². The summed E-state index contributed by atoms with van der Waals surface area (Å²) in [6.45, 7) is 2.79. The van der Waals surface area contributed by atoms with Crippen LogP contribution >= 0.6 is 22.6 Å². The maximum atomic E-state index is 4.70. The third kappa shape index (κ3) is 2.73. The van der Waals surface area contributed by atoms with E-state index in [4.69, 9.17) is 5.10 Å². The Kier molecular flexibility index (Phi) is 4.07. The minimum absolute atomic E-state index is 0.754. The van der Waals surface area contributed by atoms with E-state index in [1.54, 1.807) is 0 Å². The van der Waals surface area contributed by atoms with Crippen molar-refractivity contribution in [3.8, 4) is 11.5 Å². The van der Waals surface area contributed by atoms with Crippen LogP contribution in [0.3, 0.4) is 0 Å². The zero-order chi connectivity index (χ0) is 14.8. The number of nitrogens with zero attached hydrogens (tertiary/aromatic N) is 4. The molecule has 2 aromatic heterocycles. The quantitative estimate of drug-likeness (QED) is 0.694. The van der Waals surface area contributed by atoms with Gasteiger partial charge in [-0.15, -0.1) is 0 Å². The average Bonchev–Trinajstić information content (AvgIpc) is 3.05. The molecule has 1 N–H and O–H groups in total. The van der Waals surface area contributed by atoms with Gasteiger partial charge in [-0.05, 0) is 48.7 Å². The summed E-state index contributed by atoms with van der Waals surface area (Å²) in [5.74, 6) is 0.982. The average molecular weight is 393 g/mol. The molecule has 1 aromatic carbocycles. The lowest BCUT2D eigenvalue weighted by molar-refractivity contribution is 0.744. The fraction of sp³-hybridized carbons (Fsp3) is 0.200. The molecule has 0 aliphatic rings. The molecule has 3 aromatic rings. The summed E-state index contributed by atoms with van der Waals surface area (Å²) in [6.07, 6.45) is 3.86. The van der Waals surface area contributed by atoms with Crippen LogP contribution in [-0.2, 0) is 6.54 Å². The molecule has 3 rings (SSSR count). The van der Waals surface area contributed by atoms with Crippen molar-refractivity contribution in [1.29, 1.82) is 0 Å². The summed E-state index contributed by atoms with van der Waals surface area (Å²) in [4.78, 5) is 0. The van der Waals surface area contributed by atoms with Crippen LogP contribution in [0.25, 0.3) is 11.5 Å². The topological polar surface area (TPSA) is 47.7 Å². The van der Waals surface area contributed by atoms with E-state index >= 15 is 0 Å². The Bertz CT molecular complexity index is 745. The van der Waals surface area contributed by atoms with Gasteiger partial charge < -0.3 is 5.32 Å². The Morgan fingerprint density at radius 3 is 2.62 bits per heavy atom. The lowest BCUT2D eigenvalue weighted by atomic mass is 10.2. The Morgan fingerprint density at radius 2 is 2.00 bits per heavy atom. The second-order valence-electron chi connectivity index (χ2n) is 4.77. The molecule has 0 saturated heterocycles. The largest absolute Gasteiger partial charge is 0.315 e. The molecule has 6 heteroatoms. The van der Waals surface area contributed by atoms with Gasteiger partial charge in [0.15, 0.2) is 5.82 Å². The van der Waals surface area contributed by atoms with Gasteiger partial charge in [0.2, 0.25) is 0 Å². The van der Waals surface area contributed by atoms with Gasteiger partial charge in [-0.2, -0.15) is 10.2 Å². The van der Waals surface area contributed by atoms with Gasteiger partial charge in [0.05, 0.1) is 21.1 Å². The predicted octanol–water partition coefficient (Wildman–Crippen LogP) is 2.69. The van der Waals surface area contributed by atoms with E-state index in [1.807, 2.05) is 66.1 Å². The molecule has 0 aliphatic heterocycles. The standard InChI is InChI=1S/C15H16IN5/c1-11-14(9-17-2)15(20-10-12(16)8-18-20)21(19-11)13-6-4-3-5-7-13/h3-8,10,17H,9H2,1-2H3. The molecule has 0 aliphatic carbocycles. The van der Waals surface area contributed by atoms with Crippen LogP contribution in [0.2, 0.25) is 0 Å². The van der Waals surface area contributed by atoms with Crippen LogP contribution in [0.1, 0.15) is 11.3 Å². The highest BCUT2D eigenvalue weighted by Gasteiger charge is 2.18. The first-order chi connectivity index (χ1) is 10.2. The number of hydrogen-bond acceptors (Lipinski definition) is 3. The van der Waals surface area contributed by atoms with Crippen LogP contribution in [0.4, 0.5) is 0 Å². The van der Waals surface area contributed by atoms with E-state index in [0.717, 1.165) is 32.9 Å². The molecule has 108 valence electrons. The van der Waals surface area contributed by atoms with E-state index in [0.29, 0.717) is 0 Å². The van der Waals surface area contributed by atoms with Gasteiger partial charge in [-0.3, -0.25) is 0 Å². The van der Waals surface area contributed by atoms with Crippen molar-refractivity contribution in [2.45, 2.75) is 13.5 Å². The zero-order valence-corrected chi connectivity index (χ0v) is 14.1. The zero-order valence-electron chi connectivity index (χ0n) is 11.9. The lowest BCUT2D eigenvalue weighted by Crippen LogP contribution is -2.12. The highest BCUT2D eigenvalue weighted by Crippen LogP contribution is 2.22. The second kappa shape index (κ2) is 5.98. The summed E-state index contributed by atoms with van der Waals surface area (Å²) in [5.41, 5.74) is 3.19. The van der Waals surface area contributed by atoms with Gasteiger partial charge in [0.1, 0.15) is 0 Å². The first kappa shape index (κ1) is 14.3. The summed E-state index contributed by atoms with van der Waals surface area (Å²) in [5, 5.41) is 12.4. The number of benzene rings is 1. The van der Waals surface area contributed by atoms with E-state index in [9.17, 15) is 0 Å². The monoisotopic (exact) mass is 393 g/mol. The van der Waals surface area contributed by atoms with Gasteiger partial charge in [0.25, 0.3) is 0 Å². The SMILES string of the molecule is CNCc1c(C)nn(-c2ccccc2)c1-n1cc(I)cn1. The molecule has 21 heavy (non-hydrogen) atoms. The minimum atomic E-state index is 0.754. The predicted molar refractivity (Wildman–Crippen MR) is 90.9 cm³/mol. The van der Waals surface area contributed by atoms with Crippen molar-refractivity contribution >= 4 is 22.6 Å². The van der Waals surface area contributed by atoms with Crippen molar-refractivity contribution < 1.29 is 0 Å². The molecule has 0 fully saturated rings. The number of halogens is 1. The molecular formula is C15H16IN5. The van der Waals surface area contributed by atoms with Crippen LogP contribution in [-0.4, -0.2) is 26.6 Å². The maximum absolute atomic E-state index is 4.70. The van der Waals surface area contributed by atoms with E-state index in [1.165, 1.54) is 0 Å². The normalized spacial score (nSPS) is 11.0. The number of aromatic nitrogens is 4. The molecule has 0 saturated carbocycles. The number of rotatable bonds is 4. The molecule has 0 radical (unpaired) electrons. The molecule has 0 amide bonds. The van der Waals surface area contributed by atoms with Gasteiger partial charge >= 0.3 is 0 Å². The third-order valence-corrected chi connectivity index (χ3v) is 3.84. The van der Waals surface area contributed by atoms with Gasteiger partial charge in [-0.25, -0.2) is 9.36 Å². The summed E-state index contributed by atoms with van der Waals surface area (Å²) < 4.78 is 4.94. The first-order valence-electron chi connectivity index (χ1n) is 6.69. The Labute approximate surface area is 137 Å². The van der Waals surface area contributed by atoms with Crippen molar-refractivity contribution in [3.05, 3.63) is 57.6 Å². The molecule has 5 nitrogen and oxygen atoms in total. The van der Waals surface area contributed by atoms with Crippen molar-refractivity contribution in [2.24, 2.45) is 0 Å². The Morgan fingerprint density at radius 1 is 1.24 bits per heavy atom. The van der Waals surface area contributed by atoms with E-state index < -0.39 is 0 Å². The highest BCUT2D eigenvalue weighted by atomic mass is 127. The molecule has 0 atom stereocenters. The van der Waals surface area contributed by atoms with Gasteiger partial charge in [-0.1, -0.05) is 18.2 Å². The molecule has 0 unspecified atom stereocenters. The number of aryl methyl sites for hydroxylation is 1. The van der Waals surface area contributed by atoms with Crippen molar-refractivity contribution in [2.75, 3.05) is 7.05 Å². The summed E-state index contributed by atoms with van der Waals surface area (Å²) >= 11 is 2.27. The maximum Gasteiger partial charge on any atom is 0.161 e. The lowest BCUT2D eigenvalue weighted by Gasteiger charge is -2.09. The highest BCUT2D eigenvalue weighted by molar-refractivity contribution is 14.1. The first-order valence-corrected chi connectivity index (χ1v) is 7.77. The summed E-state index contributed by atoms with van der Waals surface area (Å²) in [6, 6.07) is 10.1. The van der Waals surface area contributed by atoms with Crippen molar-refractivity contribution in [3.63, 3.8) is 0 Å². The van der Waals surface area contributed by atoms with E-state index in [2.05, 4.69) is 33.0 Å². The van der Waals surface area contributed by atoms with Crippen LogP contribution in [0.5, 0.6) is 0 Å². The number of para-hydroxylation sites is 1. The van der Waals surface area contributed by atoms with Crippen LogP contribution < -0.4 is 5.32 Å². The third-order valence-electron chi connectivity index (χ3n) is 3.28. The molecule has 2 heterocycles. The Balaban J connectivity index is 2.23. The summed E-state index contributed by atoms with van der Waals surface area (Å²) in [7, 11) is 1.94. The van der Waals surface area contributed by atoms with Gasteiger partial charge in [0, 0.05) is 18.3 Å².